The second-order valence-electron chi connectivity index (χ2n) is 7.78. The van der Waals surface area contributed by atoms with Gasteiger partial charge in [0.05, 0.1) is 13.2 Å². The van der Waals surface area contributed by atoms with E-state index in [9.17, 15) is 5.26 Å². The van der Waals surface area contributed by atoms with Crippen LogP contribution in [0.15, 0.2) is 47.8 Å². The molecule has 1 saturated heterocycles. The zero-order chi connectivity index (χ0) is 21.8. The summed E-state index contributed by atoms with van der Waals surface area (Å²) in [6, 6.07) is 16.6. The summed E-state index contributed by atoms with van der Waals surface area (Å²) in [7, 11) is 0. The van der Waals surface area contributed by atoms with E-state index in [1.165, 1.54) is 16.9 Å². The van der Waals surface area contributed by atoms with E-state index in [2.05, 4.69) is 35.2 Å². The van der Waals surface area contributed by atoms with E-state index >= 15 is 0 Å². The van der Waals surface area contributed by atoms with E-state index in [1.54, 1.807) is 0 Å². The monoisotopic (exact) mass is 448 g/mol. The fraction of sp³-hybridized carbons (Fsp3) is 0.320. The first-order valence-corrected chi connectivity index (χ1v) is 11.6. The van der Waals surface area contributed by atoms with Gasteiger partial charge in [-0.2, -0.15) is 5.26 Å². The molecule has 1 fully saturated rings. The van der Waals surface area contributed by atoms with Crippen molar-refractivity contribution < 1.29 is 18.9 Å². The van der Waals surface area contributed by atoms with E-state index in [4.69, 9.17) is 18.9 Å². The Bertz CT molecular complexity index is 1110. The number of morpholine rings is 1. The molecule has 5 rings (SSSR count). The van der Waals surface area contributed by atoms with Gasteiger partial charge in [0.15, 0.2) is 16.6 Å². The fourth-order valence-electron chi connectivity index (χ4n) is 3.88. The Labute approximate surface area is 191 Å². The van der Waals surface area contributed by atoms with Crippen molar-refractivity contribution in [3.05, 3.63) is 64.5 Å². The van der Waals surface area contributed by atoms with Gasteiger partial charge in [0.2, 0.25) is 0 Å². The lowest BCUT2D eigenvalue weighted by molar-refractivity contribution is 0.0342. The lowest BCUT2D eigenvalue weighted by Gasteiger charge is -2.26. The maximum atomic E-state index is 9.78. The molecule has 32 heavy (non-hydrogen) atoms. The molecule has 0 aliphatic carbocycles. The third-order valence-electron chi connectivity index (χ3n) is 5.63. The zero-order valence-electron chi connectivity index (χ0n) is 17.7. The van der Waals surface area contributed by atoms with Crippen molar-refractivity contribution in [2.45, 2.75) is 13.2 Å². The molecule has 0 amide bonds. The lowest BCUT2D eigenvalue weighted by Crippen LogP contribution is -2.35. The summed E-state index contributed by atoms with van der Waals surface area (Å²) >= 11 is 1.44. The van der Waals surface area contributed by atoms with Gasteiger partial charge in [0.1, 0.15) is 31.5 Å². The van der Waals surface area contributed by atoms with Crippen molar-refractivity contribution in [1.82, 2.24) is 4.90 Å². The number of ether oxygens (including phenoxy) is 4. The Morgan fingerprint density at radius 2 is 1.69 bits per heavy atom. The molecule has 0 bridgehead atoms. The van der Waals surface area contributed by atoms with Gasteiger partial charge >= 0.3 is 0 Å². The second kappa shape index (κ2) is 9.61. The van der Waals surface area contributed by atoms with E-state index in [-0.39, 0.29) is 0 Å². The Hall–Kier alpha value is -3.05. The van der Waals surface area contributed by atoms with Gasteiger partial charge in [-0.3, -0.25) is 4.90 Å². The Kier molecular flexibility index (Phi) is 6.26. The average molecular weight is 449 g/mol. The van der Waals surface area contributed by atoms with Gasteiger partial charge < -0.3 is 18.9 Å². The van der Waals surface area contributed by atoms with Crippen LogP contribution in [0.1, 0.15) is 16.7 Å². The highest BCUT2D eigenvalue weighted by molar-refractivity contribution is 7.12. The Morgan fingerprint density at radius 3 is 2.47 bits per heavy atom. The number of nitrogens with zero attached hydrogens (tertiary/aromatic N) is 2. The molecule has 6 nitrogen and oxygen atoms in total. The molecule has 7 heteroatoms. The third-order valence-corrected chi connectivity index (χ3v) is 6.51. The number of rotatable bonds is 6. The smallest absolute Gasteiger partial charge is 0.192 e. The second-order valence-corrected chi connectivity index (χ2v) is 8.62. The molecule has 0 atom stereocenters. The first kappa shape index (κ1) is 20.8. The van der Waals surface area contributed by atoms with E-state index in [1.807, 2.05) is 23.6 Å². The minimum atomic E-state index is 0.424. The van der Waals surface area contributed by atoms with Crippen molar-refractivity contribution in [2.24, 2.45) is 0 Å². The Morgan fingerprint density at radius 1 is 0.938 bits per heavy atom. The van der Waals surface area contributed by atoms with Crippen LogP contribution < -0.4 is 14.2 Å². The molecule has 3 aromatic rings. The average Bonchev–Trinajstić information content (AvgIpc) is 3.27. The summed E-state index contributed by atoms with van der Waals surface area (Å²) in [4.78, 5) is 2.40. The summed E-state index contributed by atoms with van der Waals surface area (Å²) in [6.45, 7) is 6.02. The van der Waals surface area contributed by atoms with Crippen LogP contribution in [0.5, 0.6) is 16.6 Å². The molecule has 0 N–H and O–H groups in total. The van der Waals surface area contributed by atoms with Gasteiger partial charge in [0.25, 0.3) is 0 Å². The quantitative estimate of drug-likeness (QED) is 0.555. The molecule has 2 aromatic carbocycles. The number of nitriles is 1. The third kappa shape index (κ3) is 4.58. The molecular weight excluding hydrogens is 424 g/mol. The fourth-order valence-corrected chi connectivity index (χ4v) is 4.76. The van der Waals surface area contributed by atoms with E-state index in [0.717, 1.165) is 55.3 Å². The number of hydrogen-bond donors (Lipinski definition) is 0. The van der Waals surface area contributed by atoms with Gasteiger partial charge in [-0.1, -0.05) is 30.3 Å². The summed E-state index contributed by atoms with van der Waals surface area (Å²) in [5, 5.41) is 12.4. The molecule has 0 unspecified atom stereocenters. The molecule has 164 valence electrons. The maximum absolute atomic E-state index is 9.78. The van der Waals surface area contributed by atoms with Crippen molar-refractivity contribution in [2.75, 3.05) is 39.5 Å². The highest BCUT2D eigenvalue weighted by atomic mass is 32.1. The Balaban J connectivity index is 1.25. The maximum Gasteiger partial charge on any atom is 0.192 e. The standard InChI is InChI=1S/C25H24N2O4S/c26-14-21-22(20-5-6-23-24(13-20)30-12-11-29-23)17-32-25(21)31-16-19-3-1-18(2-4-19)15-27-7-9-28-10-8-27/h1-6,13,17H,7-12,15-16H2. The molecular formula is C25H24N2O4S. The first-order valence-electron chi connectivity index (χ1n) is 10.7. The van der Waals surface area contributed by atoms with Crippen LogP contribution in [0.25, 0.3) is 11.1 Å². The number of fused-ring (bicyclic) bond motifs is 1. The van der Waals surface area contributed by atoms with Crippen LogP contribution in [0, 0.1) is 11.3 Å². The highest BCUT2D eigenvalue weighted by Gasteiger charge is 2.18. The molecule has 2 aliphatic heterocycles. The molecule has 0 radical (unpaired) electrons. The number of thiophene rings is 1. The largest absolute Gasteiger partial charge is 0.486 e. The first-order chi connectivity index (χ1) is 15.8. The zero-order valence-corrected chi connectivity index (χ0v) is 18.5. The number of benzene rings is 2. The minimum Gasteiger partial charge on any atom is -0.486 e. The van der Waals surface area contributed by atoms with Gasteiger partial charge in [-0.05, 0) is 28.8 Å². The van der Waals surface area contributed by atoms with Gasteiger partial charge in [0, 0.05) is 30.6 Å². The van der Waals surface area contributed by atoms with Crippen molar-refractivity contribution >= 4 is 11.3 Å². The van der Waals surface area contributed by atoms with Crippen molar-refractivity contribution in [3.8, 4) is 33.8 Å². The molecule has 0 saturated carbocycles. The van der Waals surface area contributed by atoms with Crippen LogP contribution in [0.3, 0.4) is 0 Å². The van der Waals surface area contributed by atoms with E-state index < -0.39 is 0 Å². The van der Waals surface area contributed by atoms with E-state index in [0.29, 0.717) is 36.2 Å². The summed E-state index contributed by atoms with van der Waals surface area (Å²) < 4.78 is 22.7. The van der Waals surface area contributed by atoms with Crippen molar-refractivity contribution in [1.29, 1.82) is 5.26 Å². The van der Waals surface area contributed by atoms with Gasteiger partial charge in [-0.15, -0.1) is 11.3 Å². The van der Waals surface area contributed by atoms with Crippen LogP contribution in [0.2, 0.25) is 0 Å². The molecule has 1 aromatic heterocycles. The molecule has 0 spiro atoms. The molecule has 3 heterocycles. The van der Waals surface area contributed by atoms with Crippen LogP contribution in [-0.4, -0.2) is 44.4 Å². The van der Waals surface area contributed by atoms with Crippen LogP contribution in [-0.2, 0) is 17.9 Å². The SMILES string of the molecule is N#Cc1c(-c2ccc3c(c2)OCCO3)csc1OCc1ccc(CN2CCOCC2)cc1. The topological polar surface area (TPSA) is 64.0 Å². The van der Waals surface area contributed by atoms with Crippen molar-refractivity contribution in [3.63, 3.8) is 0 Å². The predicted octanol–water partition coefficient (Wildman–Crippen LogP) is 4.47. The highest BCUT2D eigenvalue weighted by Crippen LogP contribution is 2.40. The summed E-state index contributed by atoms with van der Waals surface area (Å²) in [5.74, 6) is 1.45. The molecule has 2 aliphatic rings. The predicted molar refractivity (Wildman–Crippen MR) is 122 cm³/mol. The summed E-state index contributed by atoms with van der Waals surface area (Å²) in [6.07, 6.45) is 0. The lowest BCUT2D eigenvalue weighted by atomic mass is 10.0. The minimum absolute atomic E-state index is 0.424. The number of hydrogen-bond acceptors (Lipinski definition) is 7. The van der Waals surface area contributed by atoms with Crippen LogP contribution >= 0.6 is 11.3 Å². The normalized spacial score (nSPS) is 15.8. The van der Waals surface area contributed by atoms with Gasteiger partial charge in [-0.25, -0.2) is 0 Å². The van der Waals surface area contributed by atoms with Crippen LogP contribution in [0.4, 0.5) is 0 Å². The summed E-state index contributed by atoms with van der Waals surface area (Å²) in [5.41, 5.74) is 4.68.